The zero-order valence-electron chi connectivity index (χ0n) is 9.89. The van der Waals surface area contributed by atoms with Crippen LogP contribution in [0.5, 0.6) is 11.5 Å². The average Bonchev–Trinajstić information content (AvgIpc) is 2.84. The molecule has 0 N–H and O–H groups in total. The molecule has 18 heavy (non-hydrogen) atoms. The van der Waals surface area contributed by atoms with Gasteiger partial charge in [0, 0.05) is 13.1 Å². The van der Waals surface area contributed by atoms with Crippen LogP contribution in [0.25, 0.3) is 0 Å². The smallest absolute Gasteiger partial charge is 0.238 e. The van der Waals surface area contributed by atoms with Crippen LogP contribution in [-0.4, -0.2) is 30.0 Å². The Labute approximate surface area is 111 Å². The molecule has 0 saturated heterocycles. The molecule has 96 valence electrons. The maximum Gasteiger partial charge on any atom is 0.238 e. The second kappa shape index (κ2) is 5.78. The molecule has 1 heterocycles. The fraction of sp³-hybridized carbons (Fsp3) is 0.308. The van der Waals surface area contributed by atoms with E-state index >= 15 is 0 Å². The van der Waals surface area contributed by atoms with Crippen molar-refractivity contribution in [2.45, 2.75) is 6.54 Å². The summed E-state index contributed by atoms with van der Waals surface area (Å²) >= 11 is 5.57. The van der Waals surface area contributed by atoms with Crippen LogP contribution in [0.1, 0.15) is 5.56 Å². The minimum absolute atomic E-state index is 0.0294. The molecule has 0 radical (unpaired) electrons. The van der Waals surface area contributed by atoms with Gasteiger partial charge in [0.1, 0.15) is 5.88 Å². The summed E-state index contributed by atoms with van der Waals surface area (Å²) in [6.07, 6.45) is 1.68. The van der Waals surface area contributed by atoms with Gasteiger partial charge in [0.25, 0.3) is 0 Å². The van der Waals surface area contributed by atoms with Crippen molar-refractivity contribution in [2.24, 2.45) is 0 Å². The number of hydrogen-bond donors (Lipinski definition) is 0. The molecule has 2 rings (SSSR count). The normalized spacial score (nSPS) is 12.3. The Morgan fingerprint density at radius 2 is 2.22 bits per heavy atom. The zero-order valence-corrected chi connectivity index (χ0v) is 10.7. The minimum atomic E-state index is -0.116. The predicted octanol–water partition coefficient (Wildman–Crippen LogP) is 2.17. The number of carbonyl (C=O) groups excluding carboxylic acids is 1. The molecular weight excluding hydrogens is 254 g/mol. The molecule has 4 nitrogen and oxygen atoms in total. The van der Waals surface area contributed by atoms with Gasteiger partial charge in [-0.1, -0.05) is 12.1 Å². The lowest BCUT2D eigenvalue weighted by atomic mass is 10.2. The van der Waals surface area contributed by atoms with Gasteiger partial charge in [0.2, 0.25) is 12.7 Å². The molecule has 0 fully saturated rings. The van der Waals surface area contributed by atoms with Crippen LogP contribution in [0, 0.1) is 0 Å². The Morgan fingerprint density at radius 3 is 2.94 bits per heavy atom. The fourth-order valence-electron chi connectivity index (χ4n) is 1.75. The third-order valence-electron chi connectivity index (χ3n) is 2.63. The average molecular weight is 268 g/mol. The first kappa shape index (κ1) is 12.8. The van der Waals surface area contributed by atoms with Crippen LogP contribution in [0.3, 0.4) is 0 Å². The fourth-order valence-corrected chi connectivity index (χ4v) is 1.92. The summed E-state index contributed by atoms with van der Waals surface area (Å²) in [6, 6.07) is 5.62. The van der Waals surface area contributed by atoms with Gasteiger partial charge < -0.3 is 14.4 Å². The third kappa shape index (κ3) is 2.76. The summed E-state index contributed by atoms with van der Waals surface area (Å²) in [5.41, 5.74) is 0.972. The molecule has 1 amide bonds. The van der Waals surface area contributed by atoms with Crippen molar-refractivity contribution < 1.29 is 14.3 Å². The summed E-state index contributed by atoms with van der Waals surface area (Å²) in [5, 5.41) is 0. The highest BCUT2D eigenvalue weighted by molar-refractivity contribution is 6.27. The number of fused-ring (bicyclic) bond motifs is 1. The van der Waals surface area contributed by atoms with E-state index in [4.69, 9.17) is 21.1 Å². The van der Waals surface area contributed by atoms with Crippen molar-refractivity contribution in [1.82, 2.24) is 4.90 Å². The largest absolute Gasteiger partial charge is 0.454 e. The highest BCUT2D eigenvalue weighted by Gasteiger charge is 2.16. The van der Waals surface area contributed by atoms with Gasteiger partial charge in [-0.05, 0) is 17.7 Å². The number of carbonyl (C=O) groups is 1. The molecule has 0 aliphatic carbocycles. The number of benzene rings is 1. The van der Waals surface area contributed by atoms with E-state index in [1.807, 2.05) is 18.2 Å². The molecule has 0 unspecified atom stereocenters. The molecule has 0 atom stereocenters. The van der Waals surface area contributed by atoms with Gasteiger partial charge in [0.15, 0.2) is 11.5 Å². The van der Waals surface area contributed by atoms with Crippen molar-refractivity contribution in [3.05, 3.63) is 36.4 Å². The summed E-state index contributed by atoms with van der Waals surface area (Å²) in [6.45, 7) is 4.83. The molecule has 1 aromatic rings. The number of alkyl halides is 1. The lowest BCUT2D eigenvalue weighted by Crippen LogP contribution is -2.31. The lowest BCUT2D eigenvalue weighted by Gasteiger charge is -2.20. The molecule has 1 aromatic carbocycles. The highest BCUT2D eigenvalue weighted by Crippen LogP contribution is 2.32. The van der Waals surface area contributed by atoms with Gasteiger partial charge >= 0.3 is 0 Å². The van der Waals surface area contributed by atoms with Crippen LogP contribution >= 0.6 is 11.6 Å². The lowest BCUT2D eigenvalue weighted by molar-refractivity contribution is -0.128. The van der Waals surface area contributed by atoms with Gasteiger partial charge in [-0.25, -0.2) is 0 Å². The maximum absolute atomic E-state index is 11.6. The van der Waals surface area contributed by atoms with E-state index in [2.05, 4.69) is 6.58 Å². The van der Waals surface area contributed by atoms with Crippen molar-refractivity contribution in [1.29, 1.82) is 0 Å². The van der Waals surface area contributed by atoms with E-state index in [9.17, 15) is 4.79 Å². The van der Waals surface area contributed by atoms with Crippen molar-refractivity contribution in [3.8, 4) is 11.5 Å². The van der Waals surface area contributed by atoms with Crippen LogP contribution in [0.15, 0.2) is 30.9 Å². The summed E-state index contributed by atoms with van der Waals surface area (Å²) in [5.74, 6) is 1.30. The van der Waals surface area contributed by atoms with Crippen molar-refractivity contribution >= 4 is 17.5 Å². The summed E-state index contributed by atoms with van der Waals surface area (Å²) in [7, 11) is 0. The predicted molar refractivity (Wildman–Crippen MR) is 68.9 cm³/mol. The van der Waals surface area contributed by atoms with E-state index in [1.54, 1.807) is 11.0 Å². The second-order valence-corrected chi connectivity index (χ2v) is 4.15. The van der Waals surface area contributed by atoms with Gasteiger partial charge in [-0.2, -0.15) is 0 Å². The molecule has 0 saturated carbocycles. The Hall–Kier alpha value is -1.68. The first-order valence-corrected chi connectivity index (χ1v) is 6.11. The first-order valence-electron chi connectivity index (χ1n) is 5.57. The maximum atomic E-state index is 11.6. The topological polar surface area (TPSA) is 38.8 Å². The summed E-state index contributed by atoms with van der Waals surface area (Å²) in [4.78, 5) is 13.3. The van der Waals surface area contributed by atoms with Crippen LogP contribution < -0.4 is 9.47 Å². The van der Waals surface area contributed by atoms with E-state index in [-0.39, 0.29) is 18.6 Å². The molecule has 1 aliphatic heterocycles. The minimum Gasteiger partial charge on any atom is -0.454 e. The monoisotopic (exact) mass is 267 g/mol. The molecular formula is C13H14ClNO3. The Kier molecular flexibility index (Phi) is 4.10. The van der Waals surface area contributed by atoms with Crippen molar-refractivity contribution in [3.63, 3.8) is 0 Å². The molecule has 0 aromatic heterocycles. The van der Waals surface area contributed by atoms with Gasteiger partial charge in [0.05, 0.1) is 0 Å². The zero-order chi connectivity index (χ0) is 13.0. The van der Waals surface area contributed by atoms with E-state index in [0.717, 1.165) is 11.3 Å². The third-order valence-corrected chi connectivity index (χ3v) is 2.86. The Balaban J connectivity index is 2.11. The number of ether oxygens (including phenoxy) is 2. The van der Waals surface area contributed by atoms with Crippen LogP contribution in [-0.2, 0) is 11.3 Å². The second-order valence-electron chi connectivity index (χ2n) is 3.88. The number of halogens is 1. The number of rotatable bonds is 5. The molecule has 5 heteroatoms. The Bertz CT molecular complexity index is 462. The number of nitrogens with zero attached hydrogens (tertiary/aromatic N) is 1. The van der Waals surface area contributed by atoms with E-state index in [1.165, 1.54) is 0 Å². The van der Waals surface area contributed by atoms with Crippen LogP contribution in [0.2, 0.25) is 0 Å². The van der Waals surface area contributed by atoms with Gasteiger partial charge in [-0.3, -0.25) is 4.79 Å². The van der Waals surface area contributed by atoms with E-state index < -0.39 is 0 Å². The number of hydrogen-bond acceptors (Lipinski definition) is 3. The van der Waals surface area contributed by atoms with Crippen LogP contribution in [0.4, 0.5) is 0 Å². The molecule has 1 aliphatic rings. The van der Waals surface area contributed by atoms with Gasteiger partial charge in [-0.15, -0.1) is 18.2 Å². The van der Waals surface area contributed by atoms with Crippen molar-refractivity contribution in [2.75, 3.05) is 19.2 Å². The SMILES string of the molecule is C=CCN(Cc1ccc2c(c1)OCO2)C(=O)CCl. The Morgan fingerprint density at radius 1 is 1.44 bits per heavy atom. The summed E-state index contributed by atoms with van der Waals surface area (Å²) < 4.78 is 10.5. The quantitative estimate of drug-likeness (QED) is 0.606. The first-order chi connectivity index (χ1) is 8.74. The molecule has 0 bridgehead atoms. The number of amides is 1. The molecule has 0 spiro atoms. The highest BCUT2D eigenvalue weighted by atomic mass is 35.5. The van der Waals surface area contributed by atoms with E-state index in [0.29, 0.717) is 18.8 Å². The standard InChI is InChI=1S/C13H14ClNO3/c1-2-5-15(13(16)7-14)8-10-3-4-11-12(6-10)18-9-17-11/h2-4,6H,1,5,7-9H2.